The van der Waals surface area contributed by atoms with Gasteiger partial charge in [-0.2, -0.15) is 0 Å². The fourth-order valence-corrected chi connectivity index (χ4v) is 1.63. The first-order valence-electron chi connectivity index (χ1n) is 4.92. The molecule has 6 heteroatoms. The van der Waals surface area contributed by atoms with Gasteiger partial charge in [0, 0.05) is 0 Å². The molecule has 0 aliphatic heterocycles. The minimum absolute atomic E-state index is 0.301. The van der Waals surface area contributed by atoms with Gasteiger partial charge in [-0.15, -0.1) is 5.54 Å². The molecule has 0 bridgehead atoms. The molecule has 0 fully saturated rings. The van der Waals surface area contributed by atoms with Crippen LogP contribution in [0.2, 0.25) is 19.6 Å². The van der Waals surface area contributed by atoms with Crippen molar-refractivity contribution in [3.8, 4) is 11.5 Å². The van der Waals surface area contributed by atoms with Crippen molar-refractivity contribution in [1.82, 2.24) is 19.9 Å². The third-order valence-electron chi connectivity index (χ3n) is 1.80. The van der Waals surface area contributed by atoms with Gasteiger partial charge in [-0.05, 0) is 0 Å². The van der Waals surface area contributed by atoms with Crippen molar-refractivity contribution in [2.45, 2.75) is 19.6 Å². The Morgan fingerprint density at radius 3 is 2.62 bits per heavy atom. The summed E-state index contributed by atoms with van der Waals surface area (Å²) in [5, 5.41) is 0. The molecule has 0 unspecified atom stereocenters. The number of imidazole rings is 1. The molecule has 16 heavy (non-hydrogen) atoms. The number of rotatable bonds is 0. The molecular weight excluding hydrogens is 220 g/mol. The number of fused-ring (bicyclic) bond motifs is 1. The van der Waals surface area contributed by atoms with Crippen LogP contribution >= 0.6 is 0 Å². The maximum absolute atomic E-state index is 11.0. The van der Waals surface area contributed by atoms with E-state index in [-0.39, 0.29) is 5.69 Å². The van der Waals surface area contributed by atoms with E-state index in [0.29, 0.717) is 17.0 Å². The summed E-state index contributed by atoms with van der Waals surface area (Å²) >= 11 is 0. The number of nitrogens with one attached hydrogen (secondary N) is 2. The van der Waals surface area contributed by atoms with Crippen LogP contribution in [0.3, 0.4) is 0 Å². The van der Waals surface area contributed by atoms with E-state index in [4.69, 9.17) is 0 Å². The Kier molecular flexibility index (Phi) is 2.40. The van der Waals surface area contributed by atoms with Crippen molar-refractivity contribution in [2.24, 2.45) is 0 Å². The summed E-state index contributed by atoms with van der Waals surface area (Å²) in [4.78, 5) is 24.4. The summed E-state index contributed by atoms with van der Waals surface area (Å²) in [6, 6.07) is 0. The number of aromatic nitrogens is 4. The highest BCUT2D eigenvalue weighted by Crippen LogP contribution is 2.01. The highest BCUT2D eigenvalue weighted by Gasteiger charge is 2.08. The van der Waals surface area contributed by atoms with E-state index >= 15 is 0 Å². The molecule has 0 aromatic carbocycles. The highest BCUT2D eigenvalue weighted by molar-refractivity contribution is 6.83. The molecule has 5 nitrogen and oxygen atoms in total. The van der Waals surface area contributed by atoms with Gasteiger partial charge in [0.1, 0.15) is 13.8 Å². The van der Waals surface area contributed by atoms with Crippen LogP contribution in [0.5, 0.6) is 0 Å². The molecule has 0 amide bonds. The minimum Gasteiger partial charge on any atom is -0.289 e. The Balaban J connectivity index is 2.46. The molecule has 0 saturated heterocycles. The maximum Gasteiger partial charge on any atom is 0.326 e. The molecule has 0 aliphatic rings. The Morgan fingerprint density at radius 1 is 1.25 bits per heavy atom. The summed E-state index contributed by atoms with van der Waals surface area (Å²) in [7, 11) is -1.41. The van der Waals surface area contributed by atoms with Gasteiger partial charge in [0.05, 0.1) is 6.20 Å². The first kappa shape index (κ1) is 10.6. The van der Waals surface area contributed by atoms with E-state index in [1.54, 1.807) is 6.20 Å². The van der Waals surface area contributed by atoms with E-state index in [9.17, 15) is 4.79 Å². The van der Waals surface area contributed by atoms with Crippen LogP contribution in [0.25, 0.3) is 11.3 Å². The van der Waals surface area contributed by atoms with Crippen LogP contribution in [0.4, 0.5) is 0 Å². The predicted molar refractivity (Wildman–Crippen MR) is 64.7 cm³/mol. The molecule has 0 atom stereocenters. The van der Waals surface area contributed by atoms with Crippen LogP contribution in [0, 0.1) is 11.5 Å². The standard InChI is InChI=1S/C10H12N4OSi/c1-16(2,3)5-4-7-6-11-8-9(12-7)14-10(15)13-8/h6H,1-3H3,(H2,11,12,13,14,15). The van der Waals surface area contributed by atoms with Crippen molar-refractivity contribution in [2.75, 3.05) is 0 Å². The van der Waals surface area contributed by atoms with Gasteiger partial charge in [-0.3, -0.25) is 9.97 Å². The van der Waals surface area contributed by atoms with E-state index in [0.717, 1.165) is 0 Å². The van der Waals surface area contributed by atoms with E-state index in [2.05, 4.69) is 51.0 Å². The predicted octanol–water partition coefficient (Wildman–Crippen LogP) is 0.875. The Morgan fingerprint density at radius 2 is 1.94 bits per heavy atom. The average Bonchev–Trinajstić information content (AvgIpc) is 2.52. The second kappa shape index (κ2) is 3.61. The molecule has 2 aromatic rings. The Labute approximate surface area is 93.3 Å². The van der Waals surface area contributed by atoms with Gasteiger partial charge in [-0.25, -0.2) is 14.8 Å². The third-order valence-corrected chi connectivity index (χ3v) is 2.68. The Hall–Kier alpha value is -1.87. The fourth-order valence-electron chi connectivity index (χ4n) is 1.13. The topological polar surface area (TPSA) is 74.4 Å². The second-order valence-electron chi connectivity index (χ2n) is 4.53. The lowest BCUT2D eigenvalue weighted by molar-refractivity contribution is 1.20. The molecule has 2 rings (SSSR count). The van der Waals surface area contributed by atoms with Crippen LogP contribution < -0.4 is 5.69 Å². The largest absolute Gasteiger partial charge is 0.326 e. The van der Waals surface area contributed by atoms with Gasteiger partial charge in [0.25, 0.3) is 0 Å². The normalized spacial score (nSPS) is 11.2. The first-order chi connectivity index (χ1) is 7.44. The van der Waals surface area contributed by atoms with Crippen molar-refractivity contribution >= 4 is 19.4 Å². The van der Waals surface area contributed by atoms with Gasteiger partial charge in [0.15, 0.2) is 11.3 Å². The summed E-state index contributed by atoms with van der Waals surface area (Å²) in [6.07, 6.45) is 1.57. The van der Waals surface area contributed by atoms with Crippen molar-refractivity contribution in [3.05, 3.63) is 22.4 Å². The van der Waals surface area contributed by atoms with Crippen LogP contribution in [0.15, 0.2) is 11.0 Å². The number of hydrogen-bond acceptors (Lipinski definition) is 3. The molecule has 2 heterocycles. The van der Waals surface area contributed by atoms with E-state index in [1.165, 1.54) is 0 Å². The number of hydrogen-bond donors (Lipinski definition) is 2. The number of aromatic amines is 2. The first-order valence-corrected chi connectivity index (χ1v) is 8.42. The summed E-state index contributed by atoms with van der Waals surface area (Å²) < 4.78 is 0. The molecule has 2 N–H and O–H groups in total. The molecular formula is C10H12N4OSi. The SMILES string of the molecule is C[Si](C)(C)C#Cc1cnc2[nH]c(=O)[nH]c2n1. The highest BCUT2D eigenvalue weighted by atomic mass is 28.3. The minimum atomic E-state index is -1.41. The van der Waals surface area contributed by atoms with E-state index in [1.807, 2.05) is 0 Å². The van der Waals surface area contributed by atoms with Crippen molar-refractivity contribution in [3.63, 3.8) is 0 Å². The second-order valence-corrected chi connectivity index (χ2v) is 9.28. The Bertz CT molecular complexity index is 638. The van der Waals surface area contributed by atoms with Gasteiger partial charge >= 0.3 is 5.69 Å². The third kappa shape index (κ3) is 2.38. The zero-order valence-corrected chi connectivity index (χ0v) is 10.4. The quantitative estimate of drug-likeness (QED) is 0.523. The molecule has 0 spiro atoms. The van der Waals surface area contributed by atoms with E-state index < -0.39 is 8.07 Å². The maximum atomic E-state index is 11.0. The van der Waals surface area contributed by atoms with Gasteiger partial charge in [-0.1, -0.05) is 25.6 Å². The monoisotopic (exact) mass is 232 g/mol. The molecule has 0 aliphatic carbocycles. The average molecular weight is 232 g/mol. The smallest absolute Gasteiger partial charge is 0.289 e. The lowest BCUT2D eigenvalue weighted by Crippen LogP contribution is -2.16. The zero-order chi connectivity index (χ0) is 11.8. The number of H-pyrrole nitrogens is 2. The van der Waals surface area contributed by atoms with Gasteiger partial charge in [0.2, 0.25) is 0 Å². The van der Waals surface area contributed by atoms with Gasteiger partial charge < -0.3 is 0 Å². The summed E-state index contributed by atoms with van der Waals surface area (Å²) in [5.41, 5.74) is 4.39. The van der Waals surface area contributed by atoms with Crippen molar-refractivity contribution in [1.29, 1.82) is 0 Å². The number of nitrogens with zero attached hydrogens (tertiary/aromatic N) is 2. The van der Waals surface area contributed by atoms with Crippen molar-refractivity contribution < 1.29 is 0 Å². The fraction of sp³-hybridized carbons (Fsp3) is 0.300. The summed E-state index contributed by atoms with van der Waals surface area (Å²) in [5.74, 6) is 2.99. The van der Waals surface area contributed by atoms with Crippen LogP contribution in [-0.4, -0.2) is 28.0 Å². The molecule has 2 aromatic heterocycles. The molecule has 82 valence electrons. The lowest BCUT2D eigenvalue weighted by Gasteiger charge is -2.02. The zero-order valence-electron chi connectivity index (χ0n) is 9.38. The van der Waals surface area contributed by atoms with Crippen LogP contribution in [-0.2, 0) is 0 Å². The van der Waals surface area contributed by atoms with Crippen LogP contribution in [0.1, 0.15) is 5.69 Å². The molecule has 0 saturated carbocycles. The molecule has 0 radical (unpaired) electrons. The lowest BCUT2D eigenvalue weighted by atomic mass is 10.5. The summed E-state index contributed by atoms with van der Waals surface area (Å²) in [6.45, 7) is 6.47.